The van der Waals surface area contributed by atoms with Crippen molar-refractivity contribution in [2.24, 2.45) is 5.73 Å². The fourth-order valence-electron chi connectivity index (χ4n) is 1.18. The molecule has 1 amide bonds. The second kappa shape index (κ2) is 3.73. The molecule has 1 aliphatic rings. The molecule has 3 N–H and O–H groups in total. The predicted molar refractivity (Wildman–Crippen MR) is 42.6 cm³/mol. The van der Waals surface area contributed by atoms with E-state index in [4.69, 9.17) is 10.5 Å². The van der Waals surface area contributed by atoms with Crippen LogP contribution >= 0.6 is 0 Å². The molecule has 0 aliphatic carbocycles. The number of rotatable bonds is 1. The van der Waals surface area contributed by atoms with Gasteiger partial charge in [0, 0.05) is 6.54 Å². The van der Waals surface area contributed by atoms with Crippen LogP contribution in [0.5, 0.6) is 0 Å². The Bertz CT molecular complexity index is 164. The Hall–Kier alpha value is -0.810. The van der Waals surface area contributed by atoms with Crippen LogP contribution < -0.4 is 5.73 Å². The van der Waals surface area contributed by atoms with Crippen LogP contribution in [0.2, 0.25) is 0 Å². The number of ether oxygens (including phenoxy) is 1. The number of nitrogens with zero attached hydrogens (tertiary/aromatic N) is 1. The zero-order chi connectivity index (χ0) is 9.14. The lowest BCUT2D eigenvalue weighted by molar-refractivity contribution is 0.107. The number of amides is 1. The van der Waals surface area contributed by atoms with Gasteiger partial charge in [-0.05, 0) is 6.92 Å². The van der Waals surface area contributed by atoms with Crippen LogP contribution in [0.3, 0.4) is 0 Å². The maximum absolute atomic E-state index is 11.1. The van der Waals surface area contributed by atoms with E-state index in [1.54, 1.807) is 6.92 Å². The first-order valence-corrected chi connectivity index (χ1v) is 4.00. The number of hydrogen-bond donors (Lipinski definition) is 2. The number of likely N-dealkylation sites (tertiary alicyclic amines) is 1. The molecule has 1 fully saturated rings. The number of nitrogens with two attached hydrogens (primary N) is 1. The van der Waals surface area contributed by atoms with Gasteiger partial charge in [0.25, 0.3) is 0 Å². The molecule has 0 aromatic carbocycles. The normalized spacial score (nSPS) is 29.1. The highest BCUT2D eigenvalue weighted by atomic mass is 16.6. The Balaban J connectivity index is 2.40. The van der Waals surface area contributed by atoms with Gasteiger partial charge in [-0.15, -0.1) is 0 Å². The van der Waals surface area contributed by atoms with Gasteiger partial charge in [0.15, 0.2) is 0 Å². The van der Waals surface area contributed by atoms with Crippen LogP contribution in [-0.4, -0.2) is 47.9 Å². The van der Waals surface area contributed by atoms with Crippen molar-refractivity contribution in [2.75, 3.05) is 19.7 Å². The minimum absolute atomic E-state index is 0.278. The maximum atomic E-state index is 11.1. The largest absolute Gasteiger partial charge is 0.450 e. The van der Waals surface area contributed by atoms with Crippen LogP contribution in [0.15, 0.2) is 0 Å². The summed E-state index contributed by atoms with van der Waals surface area (Å²) in [6, 6.07) is -0.339. The summed E-state index contributed by atoms with van der Waals surface area (Å²) in [6.45, 7) is 2.74. The molecule has 5 heteroatoms. The summed E-state index contributed by atoms with van der Waals surface area (Å²) in [6.07, 6.45) is -1.01. The summed E-state index contributed by atoms with van der Waals surface area (Å²) in [7, 11) is 0. The number of aliphatic hydroxyl groups is 1. The molecule has 2 unspecified atom stereocenters. The minimum Gasteiger partial charge on any atom is -0.450 e. The maximum Gasteiger partial charge on any atom is 0.409 e. The smallest absolute Gasteiger partial charge is 0.409 e. The molecule has 0 radical (unpaired) electrons. The highest BCUT2D eigenvalue weighted by Gasteiger charge is 2.31. The molecule has 0 bridgehead atoms. The first-order valence-electron chi connectivity index (χ1n) is 4.00. The number of aliphatic hydroxyl groups excluding tert-OH is 1. The van der Waals surface area contributed by atoms with Gasteiger partial charge < -0.3 is 20.5 Å². The Morgan fingerprint density at radius 3 is 2.83 bits per heavy atom. The quantitative estimate of drug-likeness (QED) is 0.542. The molecule has 12 heavy (non-hydrogen) atoms. The molecule has 1 saturated heterocycles. The van der Waals surface area contributed by atoms with E-state index in [9.17, 15) is 9.90 Å². The van der Waals surface area contributed by atoms with Crippen molar-refractivity contribution in [3.63, 3.8) is 0 Å². The highest BCUT2D eigenvalue weighted by molar-refractivity contribution is 5.68. The number of hydrogen-bond acceptors (Lipinski definition) is 4. The third-order valence-corrected chi connectivity index (χ3v) is 1.86. The Morgan fingerprint density at radius 2 is 2.42 bits per heavy atom. The molecule has 5 nitrogen and oxygen atoms in total. The van der Waals surface area contributed by atoms with E-state index >= 15 is 0 Å². The minimum atomic E-state index is -0.616. The lowest BCUT2D eigenvalue weighted by Crippen LogP contribution is -2.33. The van der Waals surface area contributed by atoms with Crippen molar-refractivity contribution in [1.82, 2.24) is 4.90 Å². The highest BCUT2D eigenvalue weighted by Crippen LogP contribution is 2.09. The Morgan fingerprint density at radius 1 is 1.75 bits per heavy atom. The molecule has 1 rings (SSSR count). The summed E-state index contributed by atoms with van der Waals surface area (Å²) >= 11 is 0. The van der Waals surface area contributed by atoms with Crippen LogP contribution in [0, 0.1) is 0 Å². The third-order valence-electron chi connectivity index (χ3n) is 1.86. The fourth-order valence-corrected chi connectivity index (χ4v) is 1.18. The van der Waals surface area contributed by atoms with E-state index in [0.717, 1.165) is 0 Å². The van der Waals surface area contributed by atoms with Crippen LogP contribution in [0.1, 0.15) is 6.92 Å². The van der Waals surface area contributed by atoms with Crippen LogP contribution in [-0.2, 0) is 4.74 Å². The molecular weight excluding hydrogens is 160 g/mol. The van der Waals surface area contributed by atoms with Crippen molar-refractivity contribution in [3.8, 4) is 0 Å². The number of carbonyl (C=O) groups excluding carboxylic acids is 1. The van der Waals surface area contributed by atoms with Crippen molar-refractivity contribution in [1.29, 1.82) is 0 Å². The van der Waals surface area contributed by atoms with Gasteiger partial charge in [-0.25, -0.2) is 4.79 Å². The van der Waals surface area contributed by atoms with Gasteiger partial charge in [-0.2, -0.15) is 0 Å². The van der Waals surface area contributed by atoms with Gasteiger partial charge in [-0.3, -0.25) is 0 Å². The average molecular weight is 174 g/mol. The van der Waals surface area contributed by atoms with E-state index < -0.39 is 12.2 Å². The van der Waals surface area contributed by atoms with Crippen molar-refractivity contribution in [2.45, 2.75) is 19.1 Å². The second-order valence-corrected chi connectivity index (χ2v) is 2.84. The Kier molecular flexibility index (Phi) is 2.88. The van der Waals surface area contributed by atoms with E-state index in [0.29, 0.717) is 13.2 Å². The second-order valence-electron chi connectivity index (χ2n) is 2.84. The fraction of sp³-hybridized carbons (Fsp3) is 0.857. The summed E-state index contributed by atoms with van der Waals surface area (Å²) < 4.78 is 4.74. The zero-order valence-electron chi connectivity index (χ0n) is 7.06. The molecular formula is C7H14N2O3. The third kappa shape index (κ3) is 1.86. The molecule has 1 heterocycles. The first kappa shape index (κ1) is 9.28. The zero-order valence-corrected chi connectivity index (χ0v) is 7.06. The molecule has 0 spiro atoms. The van der Waals surface area contributed by atoms with E-state index in [1.165, 1.54) is 4.90 Å². The SMILES string of the molecule is CCOC(=O)N1CC(N)C(O)C1. The summed E-state index contributed by atoms with van der Waals surface area (Å²) in [5.74, 6) is 0. The molecule has 0 aromatic rings. The molecule has 1 aliphatic heterocycles. The lowest BCUT2D eigenvalue weighted by atomic mass is 10.2. The Labute approximate surface area is 71.1 Å². The van der Waals surface area contributed by atoms with Crippen molar-refractivity contribution < 1.29 is 14.6 Å². The predicted octanol–water partition coefficient (Wildman–Crippen LogP) is -0.853. The first-order chi connectivity index (χ1) is 5.65. The van der Waals surface area contributed by atoms with Gasteiger partial charge in [0.2, 0.25) is 0 Å². The van der Waals surface area contributed by atoms with Crippen molar-refractivity contribution >= 4 is 6.09 Å². The van der Waals surface area contributed by atoms with Gasteiger partial charge >= 0.3 is 6.09 Å². The molecule has 0 saturated carbocycles. The standard InChI is InChI=1S/C7H14N2O3/c1-2-12-7(11)9-3-5(8)6(10)4-9/h5-6,10H,2-4,8H2,1H3. The topological polar surface area (TPSA) is 75.8 Å². The lowest BCUT2D eigenvalue weighted by Gasteiger charge is -2.13. The van der Waals surface area contributed by atoms with E-state index in [1.807, 2.05) is 0 Å². The van der Waals surface area contributed by atoms with Gasteiger partial charge in [-0.1, -0.05) is 0 Å². The molecule has 70 valence electrons. The van der Waals surface area contributed by atoms with E-state index in [-0.39, 0.29) is 12.6 Å². The van der Waals surface area contributed by atoms with E-state index in [2.05, 4.69) is 0 Å². The monoisotopic (exact) mass is 174 g/mol. The summed E-state index contributed by atoms with van der Waals surface area (Å²) in [4.78, 5) is 12.5. The molecule has 0 aromatic heterocycles. The summed E-state index contributed by atoms with van der Waals surface area (Å²) in [5, 5.41) is 9.21. The van der Waals surface area contributed by atoms with Gasteiger partial charge in [0.1, 0.15) is 0 Å². The van der Waals surface area contributed by atoms with Crippen LogP contribution in [0.4, 0.5) is 4.79 Å². The molecule has 2 atom stereocenters. The average Bonchev–Trinajstić information content (AvgIpc) is 2.33. The van der Waals surface area contributed by atoms with Crippen molar-refractivity contribution in [3.05, 3.63) is 0 Å². The number of β-amino-alcohol motifs (C(OH)–C–C–N with tert-alkyl or cyclic N) is 1. The number of carbonyl (C=O) groups is 1. The summed E-state index contributed by atoms with van der Waals surface area (Å²) in [5.41, 5.74) is 5.50. The van der Waals surface area contributed by atoms with Gasteiger partial charge in [0.05, 0.1) is 25.3 Å². The van der Waals surface area contributed by atoms with Crippen LogP contribution in [0.25, 0.3) is 0 Å².